The average molecular weight is 341 g/mol. The first-order valence-corrected chi connectivity index (χ1v) is 8.60. The maximum atomic E-state index is 12.7. The number of carbonyl (C=O) groups excluding carboxylic acids is 2. The molecule has 1 fully saturated rings. The third-order valence-electron chi connectivity index (χ3n) is 4.28. The van der Waals surface area contributed by atoms with Crippen molar-refractivity contribution in [2.24, 2.45) is 5.92 Å². The summed E-state index contributed by atoms with van der Waals surface area (Å²) in [6.07, 6.45) is 5.04. The summed E-state index contributed by atoms with van der Waals surface area (Å²) in [6.45, 7) is 4.98. The van der Waals surface area contributed by atoms with Gasteiger partial charge in [-0.05, 0) is 44.9 Å². The van der Waals surface area contributed by atoms with E-state index in [4.69, 9.17) is 0 Å². The van der Waals surface area contributed by atoms with Crippen molar-refractivity contribution in [2.75, 3.05) is 13.1 Å². The van der Waals surface area contributed by atoms with Crippen molar-refractivity contribution in [3.05, 3.63) is 36.3 Å². The third-order valence-corrected chi connectivity index (χ3v) is 4.28. The molecule has 1 aliphatic rings. The fourth-order valence-corrected chi connectivity index (χ4v) is 3.04. The number of likely N-dealkylation sites (tertiary alicyclic amines) is 1. The minimum Gasteiger partial charge on any atom is -0.354 e. The highest BCUT2D eigenvalue weighted by Crippen LogP contribution is 2.21. The van der Waals surface area contributed by atoms with Gasteiger partial charge in [0, 0.05) is 37.1 Å². The number of carbonyl (C=O) groups is 2. The molecule has 25 heavy (non-hydrogen) atoms. The lowest BCUT2D eigenvalue weighted by atomic mass is 9.96. The summed E-state index contributed by atoms with van der Waals surface area (Å²) in [7, 11) is 0. The van der Waals surface area contributed by atoms with E-state index < -0.39 is 0 Å². The van der Waals surface area contributed by atoms with Gasteiger partial charge in [-0.25, -0.2) is 0 Å². The van der Waals surface area contributed by atoms with E-state index in [0.29, 0.717) is 24.5 Å². The predicted octanol–water partition coefficient (Wildman–Crippen LogP) is 1.85. The molecule has 2 amide bonds. The quantitative estimate of drug-likeness (QED) is 0.888. The molecule has 3 heterocycles. The Labute approximate surface area is 146 Å². The normalized spacial score (nSPS) is 17.6. The van der Waals surface area contributed by atoms with Crippen LogP contribution in [-0.4, -0.2) is 51.0 Å². The molecule has 7 nitrogen and oxygen atoms in total. The van der Waals surface area contributed by atoms with Crippen LogP contribution in [0.5, 0.6) is 0 Å². The van der Waals surface area contributed by atoms with Gasteiger partial charge in [-0.3, -0.25) is 19.7 Å². The van der Waals surface area contributed by atoms with Crippen LogP contribution < -0.4 is 5.32 Å². The van der Waals surface area contributed by atoms with E-state index in [2.05, 4.69) is 20.5 Å². The van der Waals surface area contributed by atoms with E-state index in [0.717, 1.165) is 18.4 Å². The van der Waals surface area contributed by atoms with Gasteiger partial charge in [-0.2, -0.15) is 5.10 Å². The summed E-state index contributed by atoms with van der Waals surface area (Å²) in [5.41, 5.74) is 1.97. The molecule has 1 unspecified atom stereocenters. The molecular weight excluding hydrogens is 318 g/mol. The Hall–Kier alpha value is -2.70. The maximum Gasteiger partial charge on any atom is 0.271 e. The molecule has 2 N–H and O–H groups in total. The van der Waals surface area contributed by atoms with Gasteiger partial charge in [-0.1, -0.05) is 0 Å². The largest absolute Gasteiger partial charge is 0.354 e. The van der Waals surface area contributed by atoms with E-state index in [9.17, 15) is 9.59 Å². The first-order valence-electron chi connectivity index (χ1n) is 8.60. The van der Waals surface area contributed by atoms with Crippen molar-refractivity contribution >= 4 is 11.8 Å². The molecule has 0 saturated carbocycles. The molecule has 1 atom stereocenters. The maximum absolute atomic E-state index is 12.7. The number of piperidine rings is 1. The van der Waals surface area contributed by atoms with Gasteiger partial charge in [0.05, 0.1) is 11.6 Å². The zero-order valence-electron chi connectivity index (χ0n) is 14.5. The minimum atomic E-state index is -0.152. The standard InChI is InChI=1S/C18H23N5O2/c1-12(2)20-17(24)14-6-4-8-23(11-14)18(25)16-9-15(21-22-16)13-5-3-7-19-10-13/h3,5,7,9-10,12,14H,4,6,8,11H2,1-2H3,(H,20,24)(H,21,22). The molecule has 0 radical (unpaired) electrons. The van der Waals surface area contributed by atoms with Crippen LogP contribution in [0.25, 0.3) is 11.3 Å². The van der Waals surface area contributed by atoms with Crippen LogP contribution >= 0.6 is 0 Å². The number of hydrogen-bond donors (Lipinski definition) is 2. The highest BCUT2D eigenvalue weighted by atomic mass is 16.2. The smallest absolute Gasteiger partial charge is 0.271 e. The fourth-order valence-electron chi connectivity index (χ4n) is 3.04. The van der Waals surface area contributed by atoms with E-state index in [1.54, 1.807) is 23.4 Å². The number of aromatic amines is 1. The van der Waals surface area contributed by atoms with Crippen molar-refractivity contribution in [3.63, 3.8) is 0 Å². The Balaban J connectivity index is 1.68. The summed E-state index contributed by atoms with van der Waals surface area (Å²) >= 11 is 0. The number of hydrogen-bond acceptors (Lipinski definition) is 4. The van der Waals surface area contributed by atoms with E-state index in [1.807, 2.05) is 26.0 Å². The second-order valence-corrected chi connectivity index (χ2v) is 6.66. The van der Waals surface area contributed by atoms with E-state index >= 15 is 0 Å². The summed E-state index contributed by atoms with van der Waals surface area (Å²) in [5.74, 6) is -0.251. The molecular formula is C18H23N5O2. The van der Waals surface area contributed by atoms with Crippen molar-refractivity contribution in [1.29, 1.82) is 0 Å². The topological polar surface area (TPSA) is 91.0 Å². The lowest BCUT2D eigenvalue weighted by Crippen LogP contribution is -2.46. The van der Waals surface area contributed by atoms with Crippen LogP contribution in [0.4, 0.5) is 0 Å². The zero-order chi connectivity index (χ0) is 17.8. The second kappa shape index (κ2) is 7.46. The Morgan fingerprint density at radius 1 is 1.40 bits per heavy atom. The highest BCUT2D eigenvalue weighted by Gasteiger charge is 2.29. The molecule has 2 aromatic heterocycles. The average Bonchev–Trinajstić information content (AvgIpc) is 3.11. The molecule has 1 aliphatic heterocycles. The van der Waals surface area contributed by atoms with Gasteiger partial charge in [0.2, 0.25) is 5.91 Å². The Kier molecular flexibility index (Phi) is 5.11. The van der Waals surface area contributed by atoms with Gasteiger partial charge in [0.25, 0.3) is 5.91 Å². The molecule has 2 aromatic rings. The third kappa shape index (κ3) is 4.04. The number of nitrogens with zero attached hydrogens (tertiary/aromatic N) is 3. The van der Waals surface area contributed by atoms with Gasteiger partial charge in [0.1, 0.15) is 5.69 Å². The van der Waals surface area contributed by atoms with Crippen LogP contribution in [0.2, 0.25) is 0 Å². The van der Waals surface area contributed by atoms with Crippen LogP contribution in [-0.2, 0) is 4.79 Å². The zero-order valence-corrected chi connectivity index (χ0v) is 14.5. The summed E-state index contributed by atoms with van der Waals surface area (Å²) in [5, 5.41) is 9.95. The Bertz CT molecular complexity index is 741. The first-order chi connectivity index (χ1) is 12.0. The molecule has 0 bridgehead atoms. The molecule has 132 valence electrons. The monoisotopic (exact) mass is 341 g/mol. The number of H-pyrrole nitrogens is 1. The van der Waals surface area contributed by atoms with E-state index in [-0.39, 0.29) is 23.8 Å². The van der Waals surface area contributed by atoms with Gasteiger partial charge >= 0.3 is 0 Å². The molecule has 0 aliphatic carbocycles. The van der Waals surface area contributed by atoms with Gasteiger partial charge in [0.15, 0.2) is 0 Å². The van der Waals surface area contributed by atoms with Crippen LogP contribution in [0, 0.1) is 5.92 Å². The first kappa shape index (κ1) is 17.1. The van der Waals surface area contributed by atoms with Crippen LogP contribution in [0.15, 0.2) is 30.6 Å². The number of amides is 2. The number of aromatic nitrogens is 3. The Morgan fingerprint density at radius 2 is 2.24 bits per heavy atom. The van der Waals surface area contributed by atoms with Crippen molar-refractivity contribution in [1.82, 2.24) is 25.4 Å². The van der Waals surface area contributed by atoms with Crippen LogP contribution in [0.3, 0.4) is 0 Å². The molecule has 7 heteroatoms. The van der Waals surface area contributed by atoms with Crippen molar-refractivity contribution < 1.29 is 9.59 Å². The highest BCUT2D eigenvalue weighted by molar-refractivity contribution is 5.94. The molecule has 0 aromatic carbocycles. The second-order valence-electron chi connectivity index (χ2n) is 6.66. The lowest BCUT2D eigenvalue weighted by Gasteiger charge is -2.32. The van der Waals surface area contributed by atoms with Crippen molar-refractivity contribution in [3.8, 4) is 11.3 Å². The molecule has 0 spiro atoms. The lowest BCUT2D eigenvalue weighted by molar-refractivity contribution is -0.126. The summed E-state index contributed by atoms with van der Waals surface area (Å²) in [4.78, 5) is 30.8. The van der Waals surface area contributed by atoms with Gasteiger partial charge < -0.3 is 10.2 Å². The van der Waals surface area contributed by atoms with Gasteiger partial charge in [-0.15, -0.1) is 0 Å². The van der Waals surface area contributed by atoms with Crippen molar-refractivity contribution in [2.45, 2.75) is 32.7 Å². The summed E-state index contributed by atoms with van der Waals surface area (Å²) < 4.78 is 0. The van der Waals surface area contributed by atoms with Crippen LogP contribution in [0.1, 0.15) is 37.2 Å². The predicted molar refractivity (Wildman–Crippen MR) is 93.7 cm³/mol. The Morgan fingerprint density at radius 3 is 2.96 bits per heavy atom. The minimum absolute atomic E-state index is 0.0214. The summed E-state index contributed by atoms with van der Waals surface area (Å²) in [6, 6.07) is 5.56. The van der Waals surface area contributed by atoms with E-state index in [1.165, 1.54) is 0 Å². The fraction of sp³-hybridized carbons (Fsp3) is 0.444. The SMILES string of the molecule is CC(C)NC(=O)C1CCCN(C(=O)c2cc(-c3cccnc3)n[nH]2)C1. The molecule has 1 saturated heterocycles. The number of pyridine rings is 1. The number of rotatable bonds is 4. The number of nitrogens with one attached hydrogen (secondary N) is 2. The molecule has 3 rings (SSSR count).